The molecule has 1 aliphatic heterocycles. The number of nitrogens with one attached hydrogen (secondary N) is 1. The quantitative estimate of drug-likeness (QED) is 0.795. The fourth-order valence-corrected chi connectivity index (χ4v) is 2.94. The van der Waals surface area contributed by atoms with Gasteiger partial charge in [-0.05, 0) is 49.4 Å². The Morgan fingerprint density at radius 3 is 2.56 bits per heavy atom. The molecule has 2 amide bonds. The van der Waals surface area contributed by atoms with Crippen LogP contribution in [0.5, 0.6) is 5.75 Å². The van der Waals surface area contributed by atoms with Crippen molar-refractivity contribution in [1.82, 2.24) is 0 Å². The van der Waals surface area contributed by atoms with Gasteiger partial charge in [-0.2, -0.15) is 0 Å². The van der Waals surface area contributed by atoms with E-state index < -0.39 is 6.10 Å². The molecule has 0 saturated heterocycles. The number of nitrogens with zero attached hydrogens (tertiary/aromatic N) is 1. The Balaban J connectivity index is 1.62. The molecule has 0 aromatic heterocycles. The van der Waals surface area contributed by atoms with Crippen molar-refractivity contribution in [3.05, 3.63) is 53.1 Å². The van der Waals surface area contributed by atoms with Gasteiger partial charge in [0.05, 0.1) is 5.69 Å². The van der Waals surface area contributed by atoms with Crippen molar-refractivity contribution in [2.45, 2.75) is 25.9 Å². The summed E-state index contributed by atoms with van der Waals surface area (Å²) in [6.45, 7) is 1.68. The van der Waals surface area contributed by atoms with Crippen LogP contribution in [-0.4, -0.2) is 30.7 Å². The summed E-state index contributed by atoms with van der Waals surface area (Å²) in [5, 5.41) is 3.30. The number of halogens is 1. The number of likely N-dealkylation sites (N-methyl/N-ethyl adjacent to an activating group) is 1. The maximum absolute atomic E-state index is 12.4. The van der Waals surface area contributed by atoms with Crippen LogP contribution in [0.4, 0.5) is 11.4 Å². The standard InChI is InChI=1S/C20H19ClN2O4/c1-12-20(26)23(2)16-11-13(3-9-18(16)27-12)17(24)8-10-19(25)22-15-6-4-14(21)5-7-15/h3-7,9,11-12H,8,10H2,1-2H3,(H,22,25). The number of anilines is 2. The third-order valence-corrected chi connectivity index (χ3v) is 4.58. The fraction of sp³-hybridized carbons (Fsp3) is 0.250. The average molecular weight is 387 g/mol. The fourth-order valence-electron chi connectivity index (χ4n) is 2.81. The number of carbonyl (C=O) groups excluding carboxylic acids is 3. The molecule has 1 aliphatic rings. The summed E-state index contributed by atoms with van der Waals surface area (Å²) in [4.78, 5) is 38.0. The Morgan fingerprint density at radius 2 is 1.85 bits per heavy atom. The summed E-state index contributed by atoms with van der Waals surface area (Å²) in [6, 6.07) is 11.7. The number of ether oxygens (including phenoxy) is 1. The molecule has 1 unspecified atom stereocenters. The Morgan fingerprint density at radius 1 is 1.15 bits per heavy atom. The second-order valence-electron chi connectivity index (χ2n) is 6.32. The van der Waals surface area contributed by atoms with Crippen LogP contribution in [0.1, 0.15) is 30.1 Å². The predicted molar refractivity (Wildman–Crippen MR) is 104 cm³/mol. The van der Waals surface area contributed by atoms with E-state index in [1.807, 2.05) is 0 Å². The van der Waals surface area contributed by atoms with Gasteiger partial charge in [0, 0.05) is 36.2 Å². The normalized spacial score (nSPS) is 15.7. The van der Waals surface area contributed by atoms with Crippen molar-refractivity contribution >= 4 is 40.6 Å². The zero-order chi connectivity index (χ0) is 19.6. The minimum absolute atomic E-state index is 0.0564. The highest BCUT2D eigenvalue weighted by Gasteiger charge is 2.29. The lowest BCUT2D eigenvalue weighted by molar-refractivity contribution is -0.125. The van der Waals surface area contributed by atoms with E-state index >= 15 is 0 Å². The summed E-state index contributed by atoms with van der Waals surface area (Å²) in [5.74, 6) is -0.0484. The van der Waals surface area contributed by atoms with Crippen LogP contribution in [0, 0.1) is 0 Å². The van der Waals surface area contributed by atoms with Crippen molar-refractivity contribution in [3.8, 4) is 5.75 Å². The summed E-state index contributed by atoms with van der Waals surface area (Å²) in [6.07, 6.45) is -0.436. The van der Waals surface area contributed by atoms with Gasteiger partial charge in [0.1, 0.15) is 5.75 Å². The van der Waals surface area contributed by atoms with E-state index in [0.29, 0.717) is 27.7 Å². The third kappa shape index (κ3) is 4.28. The van der Waals surface area contributed by atoms with Crippen molar-refractivity contribution in [1.29, 1.82) is 0 Å². The van der Waals surface area contributed by atoms with E-state index in [2.05, 4.69) is 5.32 Å². The minimum atomic E-state index is -0.555. The molecule has 1 N–H and O–H groups in total. The van der Waals surface area contributed by atoms with Gasteiger partial charge in [0.25, 0.3) is 5.91 Å². The molecule has 0 bridgehead atoms. The summed E-state index contributed by atoms with van der Waals surface area (Å²) in [5.41, 5.74) is 1.61. The second kappa shape index (κ2) is 7.80. The number of benzene rings is 2. The minimum Gasteiger partial charge on any atom is -0.479 e. The lowest BCUT2D eigenvalue weighted by atomic mass is 10.0. The smallest absolute Gasteiger partial charge is 0.267 e. The number of carbonyl (C=O) groups is 3. The zero-order valence-electron chi connectivity index (χ0n) is 15.0. The van der Waals surface area contributed by atoms with Gasteiger partial charge in [-0.1, -0.05) is 11.6 Å². The molecule has 7 heteroatoms. The van der Waals surface area contributed by atoms with Gasteiger partial charge in [-0.15, -0.1) is 0 Å². The molecule has 2 aromatic carbocycles. The lowest BCUT2D eigenvalue weighted by Crippen LogP contribution is -2.42. The van der Waals surface area contributed by atoms with Crippen LogP contribution in [-0.2, 0) is 9.59 Å². The molecule has 27 heavy (non-hydrogen) atoms. The molecule has 6 nitrogen and oxygen atoms in total. The molecule has 0 radical (unpaired) electrons. The van der Waals surface area contributed by atoms with Crippen LogP contribution >= 0.6 is 11.6 Å². The molecule has 0 saturated carbocycles. The first-order valence-electron chi connectivity index (χ1n) is 8.52. The number of rotatable bonds is 5. The first-order chi connectivity index (χ1) is 12.8. The van der Waals surface area contributed by atoms with E-state index in [9.17, 15) is 14.4 Å². The van der Waals surface area contributed by atoms with E-state index in [1.165, 1.54) is 4.90 Å². The van der Waals surface area contributed by atoms with E-state index in [1.54, 1.807) is 56.4 Å². The Labute approximate surface area is 162 Å². The molecule has 1 atom stereocenters. The Kier molecular flexibility index (Phi) is 5.46. The molecule has 0 spiro atoms. The van der Waals surface area contributed by atoms with Gasteiger partial charge in [-0.25, -0.2) is 0 Å². The second-order valence-corrected chi connectivity index (χ2v) is 6.75. The number of Topliss-reactive ketones (excluding diaryl/α,β-unsaturated/α-hetero) is 1. The van der Waals surface area contributed by atoms with E-state index in [-0.39, 0.29) is 30.4 Å². The summed E-state index contributed by atoms with van der Waals surface area (Å²) < 4.78 is 5.55. The Hall–Kier alpha value is -2.86. The van der Waals surface area contributed by atoms with Crippen molar-refractivity contribution < 1.29 is 19.1 Å². The molecule has 0 fully saturated rings. The largest absolute Gasteiger partial charge is 0.479 e. The zero-order valence-corrected chi connectivity index (χ0v) is 15.7. The molecule has 1 heterocycles. The molecule has 3 rings (SSSR count). The number of fused-ring (bicyclic) bond motifs is 1. The highest BCUT2D eigenvalue weighted by atomic mass is 35.5. The molecule has 2 aromatic rings. The maximum Gasteiger partial charge on any atom is 0.267 e. The Bertz CT molecular complexity index is 895. The van der Waals surface area contributed by atoms with Gasteiger partial charge in [-0.3, -0.25) is 14.4 Å². The predicted octanol–water partition coefficient (Wildman–Crippen LogP) is 3.69. The van der Waals surface area contributed by atoms with Crippen LogP contribution in [0.25, 0.3) is 0 Å². The van der Waals surface area contributed by atoms with Crippen LogP contribution in [0.15, 0.2) is 42.5 Å². The van der Waals surface area contributed by atoms with Gasteiger partial charge in [0.15, 0.2) is 11.9 Å². The highest BCUT2D eigenvalue weighted by Crippen LogP contribution is 2.34. The van der Waals surface area contributed by atoms with Crippen LogP contribution in [0.2, 0.25) is 5.02 Å². The van der Waals surface area contributed by atoms with E-state index in [0.717, 1.165) is 0 Å². The highest BCUT2D eigenvalue weighted by molar-refractivity contribution is 6.30. The maximum atomic E-state index is 12.4. The van der Waals surface area contributed by atoms with Crippen molar-refractivity contribution in [2.24, 2.45) is 0 Å². The SMILES string of the molecule is CC1Oc2ccc(C(=O)CCC(=O)Nc3ccc(Cl)cc3)cc2N(C)C1=O. The molecule has 0 aliphatic carbocycles. The number of hydrogen-bond acceptors (Lipinski definition) is 4. The molecule has 140 valence electrons. The summed E-state index contributed by atoms with van der Waals surface area (Å²) >= 11 is 5.81. The topological polar surface area (TPSA) is 75.7 Å². The summed E-state index contributed by atoms with van der Waals surface area (Å²) in [7, 11) is 1.65. The first-order valence-corrected chi connectivity index (χ1v) is 8.90. The lowest BCUT2D eigenvalue weighted by Gasteiger charge is -2.30. The monoisotopic (exact) mass is 386 g/mol. The van der Waals surface area contributed by atoms with Gasteiger partial charge >= 0.3 is 0 Å². The third-order valence-electron chi connectivity index (χ3n) is 4.33. The number of amides is 2. The molecular weight excluding hydrogens is 368 g/mol. The van der Waals surface area contributed by atoms with Crippen molar-refractivity contribution in [3.63, 3.8) is 0 Å². The van der Waals surface area contributed by atoms with E-state index in [4.69, 9.17) is 16.3 Å². The van der Waals surface area contributed by atoms with Crippen LogP contribution < -0.4 is 15.0 Å². The van der Waals surface area contributed by atoms with Crippen LogP contribution in [0.3, 0.4) is 0 Å². The van der Waals surface area contributed by atoms with Gasteiger partial charge in [0.2, 0.25) is 5.91 Å². The average Bonchev–Trinajstić information content (AvgIpc) is 2.66. The van der Waals surface area contributed by atoms with Crippen molar-refractivity contribution in [2.75, 3.05) is 17.3 Å². The first kappa shape index (κ1) is 18.9. The number of hydrogen-bond donors (Lipinski definition) is 1. The number of ketones is 1. The molecular formula is C20H19ClN2O4. The van der Waals surface area contributed by atoms with Gasteiger partial charge < -0.3 is 15.0 Å².